The van der Waals surface area contributed by atoms with Gasteiger partial charge in [0, 0.05) is 17.4 Å². The molecule has 0 heterocycles. The zero-order valence-corrected chi connectivity index (χ0v) is 11.5. The fourth-order valence-corrected chi connectivity index (χ4v) is 1.69. The molecule has 0 unspecified atom stereocenters. The fourth-order valence-electron chi connectivity index (χ4n) is 1.44. The first-order chi connectivity index (χ1) is 9.45. The topological polar surface area (TPSA) is 41.1 Å². The normalized spacial score (nSPS) is 10.2. The van der Waals surface area contributed by atoms with E-state index in [1.165, 1.54) is 18.2 Å². The summed E-state index contributed by atoms with van der Waals surface area (Å²) in [6, 6.07) is 6.29. The number of urea groups is 1. The summed E-state index contributed by atoms with van der Waals surface area (Å²) in [5.74, 6) is -2.61. The van der Waals surface area contributed by atoms with Gasteiger partial charge >= 0.3 is 6.03 Å². The van der Waals surface area contributed by atoms with Crippen molar-refractivity contribution in [1.82, 2.24) is 0 Å². The van der Waals surface area contributed by atoms with Crippen molar-refractivity contribution in [3.05, 3.63) is 58.3 Å². The lowest BCUT2D eigenvalue weighted by Gasteiger charge is -2.08. The van der Waals surface area contributed by atoms with Gasteiger partial charge in [0.25, 0.3) is 0 Å². The molecule has 0 aliphatic rings. The van der Waals surface area contributed by atoms with Gasteiger partial charge in [-0.05, 0) is 46.3 Å². The second-order valence-electron chi connectivity index (χ2n) is 3.84. The SMILES string of the molecule is O=C(Nc1ccc(F)c(F)c1)Nc1ccc(Br)c(F)c1. The summed E-state index contributed by atoms with van der Waals surface area (Å²) in [6.07, 6.45) is 0. The van der Waals surface area contributed by atoms with E-state index in [9.17, 15) is 18.0 Å². The fraction of sp³-hybridized carbons (Fsp3) is 0. The number of halogens is 4. The molecule has 104 valence electrons. The molecule has 2 amide bonds. The van der Waals surface area contributed by atoms with Gasteiger partial charge in [-0.25, -0.2) is 18.0 Å². The Hall–Kier alpha value is -2.02. The maximum absolute atomic E-state index is 13.2. The highest BCUT2D eigenvalue weighted by molar-refractivity contribution is 9.10. The van der Waals surface area contributed by atoms with Crippen molar-refractivity contribution in [3.8, 4) is 0 Å². The molecular weight excluding hydrogens is 337 g/mol. The molecule has 0 bridgehead atoms. The first-order valence-electron chi connectivity index (χ1n) is 5.44. The Morgan fingerprint density at radius 1 is 0.850 bits per heavy atom. The summed E-state index contributed by atoms with van der Waals surface area (Å²) in [6.45, 7) is 0. The van der Waals surface area contributed by atoms with E-state index in [4.69, 9.17) is 0 Å². The van der Waals surface area contributed by atoms with Crippen molar-refractivity contribution in [2.75, 3.05) is 10.6 Å². The second-order valence-corrected chi connectivity index (χ2v) is 4.69. The van der Waals surface area contributed by atoms with Gasteiger partial charge in [-0.1, -0.05) is 0 Å². The van der Waals surface area contributed by atoms with Gasteiger partial charge in [-0.15, -0.1) is 0 Å². The molecule has 0 aliphatic heterocycles. The number of nitrogens with one attached hydrogen (secondary N) is 2. The highest BCUT2D eigenvalue weighted by atomic mass is 79.9. The quantitative estimate of drug-likeness (QED) is 0.826. The minimum atomic E-state index is -1.07. The van der Waals surface area contributed by atoms with E-state index >= 15 is 0 Å². The van der Waals surface area contributed by atoms with Gasteiger partial charge in [0.15, 0.2) is 11.6 Å². The van der Waals surface area contributed by atoms with Crippen molar-refractivity contribution in [2.24, 2.45) is 0 Å². The number of hydrogen-bond donors (Lipinski definition) is 2. The molecule has 2 rings (SSSR count). The van der Waals surface area contributed by atoms with Crippen LogP contribution in [0, 0.1) is 17.5 Å². The predicted octanol–water partition coefficient (Wildman–Crippen LogP) is 4.51. The molecule has 0 spiro atoms. The molecule has 0 aliphatic carbocycles. The molecule has 0 atom stereocenters. The molecule has 2 aromatic rings. The number of amides is 2. The average Bonchev–Trinajstić information content (AvgIpc) is 2.38. The number of carbonyl (C=O) groups excluding carboxylic acids is 1. The van der Waals surface area contributed by atoms with Crippen molar-refractivity contribution >= 4 is 33.3 Å². The van der Waals surface area contributed by atoms with E-state index in [0.29, 0.717) is 0 Å². The Labute approximate surface area is 120 Å². The van der Waals surface area contributed by atoms with Gasteiger partial charge in [0.05, 0.1) is 4.47 Å². The lowest BCUT2D eigenvalue weighted by atomic mass is 10.3. The Bertz CT molecular complexity index is 609. The van der Waals surface area contributed by atoms with Gasteiger partial charge < -0.3 is 10.6 Å². The van der Waals surface area contributed by atoms with Gasteiger partial charge in [-0.2, -0.15) is 0 Å². The Morgan fingerprint density at radius 3 is 1.95 bits per heavy atom. The van der Waals surface area contributed by atoms with Gasteiger partial charge in [0.2, 0.25) is 0 Å². The zero-order valence-electron chi connectivity index (χ0n) is 9.88. The van der Waals surface area contributed by atoms with Crippen LogP contribution in [0.2, 0.25) is 0 Å². The van der Waals surface area contributed by atoms with Crippen LogP contribution >= 0.6 is 15.9 Å². The minimum Gasteiger partial charge on any atom is -0.308 e. The lowest BCUT2D eigenvalue weighted by molar-refractivity contribution is 0.262. The molecule has 2 aromatic carbocycles. The molecule has 0 fully saturated rings. The largest absolute Gasteiger partial charge is 0.323 e. The highest BCUT2D eigenvalue weighted by Gasteiger charge is 2.07. The van der Waals surface area contributed by atoms with E-state index < -0.39 is 23.5 Å². The number of anilines is 2. The van der Waals surface area contributed by atoms with Crippen LogP contribution in [0.15, 0.2) is 40.9 Å². The number of rotatable bonds is 2. The maximum atomic E-state index is 13.2. The Balaban J connectivity index is 2.04. The zero-order chi connectivity index (χ0) is 14.7. The first kappa shape index (κ1) is 14.4. The van der Waals surface area contributed by atoms with Crippen LogP contribution in [0.25, 0.3) is 0 Å². The van der Waals surface area contributed by atoms with Crippen molar-refractivity contribution < 1.29 is 18.0 Å². The summed E-state index contributed by atoms with van der Waals surface area (Å²) in [5.41, 5.74) is 0.310. The number of benzene rings is 2. The molecule has 0 saturated heterocycles. The van der Waals surface area contributed by atoms with E-state index in [1.54, 1.807) is 0 Å². The molecule has 20 heavy (non-hydrogen) atoms. The van der Waals surface area contributed by atoms with Crippen LogP contribution < -0.4 is 10.6 Å². The molecule has 3 nitrogen and oxygen atoms in total. The Kier molecular flexibility index (Phi) is 4.29. The van der Waals surface area contributed by atoms with Crippen molar-refractivity contribution in [2.45, 2.75) is 0 Å². The summed E-state index contributed by atoms with van der Waals surface area (Å²) in [4.78, 5) is 11.6. The summed E-state index contributed by atoms with van der Waals surface area (Å²) >= 11 is 2.98. The van der Waals surface area contributed by atoms with Crippen molar-refractivity contribution in [1.29, 1.82) is 0 Å². The molecule has 2 N–H and O–H groups in total. The lowest BCUT2D eigenvalue weighted by Crippen LogP contribution is -2.19. The number of carbonyl (C=O) groups is 1. The van der Waals surface area contributed by atoms with Crippen LogP contribution in [-0.2, 0) is 0 Å². The summed E-state index contributed by atoms with van der Waals surface area (Å²) in [5, 5.41) is 4.67. The molecular formula is C13H8BrF3N2O. The van der Waals surface area contributed by atoms with E-state index in [-0.39, 0.29) is 15.8 Å². The molecule has 0 aromatic heterocycles. The minimum absolute atomic E-state index is 0.0824. The third-order valence-corrected chi connectivity index (χ3v) is 3.00. The maximum Gasteiger partial charge on any atom is 0.323 e. The molecule has 0 radical (unpaired) electrons. The van der Waals surface area contributed by atoms with Crippen LogP contribution in [0.3, 0.4) is 0 Å². The van der Waals surface area contributed by atoms with E-state index in [0.717, 1.165) is 18.2 Å². The summed E-state index contributed by atoms with van der Waals surface area (Å²) in [7, 11) is 0. The van der Waals surface area contributed by atoms with E-state index in [2.05, 4.69) is 26.6 Å². The first-order valence-corrected chi connectivity index (χ1v) is 6.23. The predicted molar refractivity (Wildman–Crippen MR) is 73.1 cm³/mol. The Morgan fingerprint density at radius 2 is 1.40 bits per heavy atom. The monoisotopic (exact) mass is 344 g/mol. The average molecular weight is 345 g/mol. The molecule has 7 heteroatoms. The number of hydrogen-bond acceptors (Lipinski definition) is 1. The van der Waals surface area contributed by atoms with Crippen LogP contribution in [0.5, 0.6) is 0 Å². The van der Waals surface area contributed by atoms with Crippen LogP contribution in [0.1, 0.15) is 0 Å². The summed E-state index contributed by atoms with van der Waals surface area (Å²) < 4.78 is 39.2. The highest BCUT2D eigenvalue weighted by Crippen LogP contribution is 2.19. The van der Waals surface area contributed by atoms with E-state index in [1.807, 2.05) is 0 Å². The molecule has 0 saturated carbocycles. The third kappa shape index (κ3) is 3.51. The van der Waals surface area contributed by atoms with Gasteiger partial charge in [0.1, 0.15) is 5.82 Å². The van der Waals surface area contributed by atoms with Crippen LogP contribution in [0.4, 0.5) is 29.3 Å². The third-order valence-electron chi connectivity index (χ3n) is 2.35. The smallest absolute Gasteiger partial charge is 0.308 e. The standard InChI is InChI=1S/C13H8BrF3N2O/c14-9-3-1-7(5-11(9)16)18-13(20)19-8-2-4-10(15)12(17)6-8/h1-6H,(H2,18,19,20). The van der Waals surface area contributed by atoms with Crippen LogP contribution in [-0.4, -0.2) is 6.03 Å². The van der Waals surface area contributed by atoms with Crippen molar-refractivity contribution in [3.63, 3.8) is 0 Å². The second kappa shape index (κ2) is 5.96. The van der Waals surface area contributed by atoms with Gasteiger partial charge in [-0.3, -0.25) is 0 Å².